The molecule has 3 aliphatic heterocycles. The SMILES string of the molecule is CCCCC[C@@H](/C=C/[C@@H]1[C@H]2CC(/C=C/CCC(=O)O)O[C@H]2C[C@H]1OC1CCCCO1)OC1CCCCO1. The quantitative estimate of drug-likeness (QED) is 0.217. The Balaban J connectivity index is 1.41. The molecule has 0 bridgehead atoms. The fourth-order valence-corrected chi connectivity index (χ4v) is 6.17. The Labute approximate surface area is 222 Å². The van der Waals surface area contributed by atoms with Crippen LogP contribution in [0.4, 0.5) is 0 Å². The number of rotatable bonds is 14. The second kappa shape index (κ2) is 15.4. The Morgan fingerprint density at radius 1 is 1.03 bits per heavy atom. The number of hydrogen-bond donors (Lipinski definition) is 1. The third kappa shape index (κ3) is 9.17. The highest BCUT2D eigenvalue weighted by Crippen LogP contribution is 2.46. The summed E-state index contributed by atoms with van der Waals surface area (Å²) in [5.74, 6) is -0.142. The minimum absolute atomic E-state index is 0.0406. The summed E-state index contributed by atoms with van der Waals surface area (Å²) in [6, 6.07) is 0. The first-order valence-electron chi connectivity index (χ1n) is 14.9. The van der Waals surface area contributed by atoms with Crippen LogP contribution in [0.2, 0.25) is 0 Å². The maximum absolute atomic E-state index is 10.8. The van der Waals surface area contributed by atoms with Crippen LogP contribution in [-0.4, -0.2) is 61.3 Å². The standard InChI is InChI=1S/C30H48O7/c1-2-3-4-11-22(36-29-14-7-9-18-33-29)16-17-24-25-20-23(12-5-6-13-28(31)32)35-27(25)21-26(24)37-30-15-8-10-19-34-30/h5,12,16-17,22-27,29-30H,2-4,6-11,13-15,18-21H2,1H3,(H,31,32)/b12-5+,17-16+/t22-,23?,24+,25+,26+,27-,29?,30?/m0/s1. The van der Waals surface area contributed by atoms with Crippen LogP contribution in [0, 0.1) is 11.8 Å². The number of carboxylic acids is 1. The molecule has 3 saturated heterocycles. The molecule has 8 atom stereocenters. The fourth-order valence-electron chi connectivity index (χ4n) is 6.17. The van der Waals surface area contributed by atoms with Crippen molar-refractivity contribution < 1.29 is 33.6 Å². The van der Waals surface area contributed by atoms with Crippen molar-refractivity contribution in [2.75, 3.05) is 13.2 Å². The second-order valence-corrected chi connectivity index (χ2v) is 11.1. The molecule has 7 heteroatoms. The van der Waals surface area contributed by atoms with Crippen molar-refractivity contribution in [3.8, 4) is 0 Å². The summed E-state index contributed by atoms with van der Waals surface area (Å²) in [4.78, 5) is 10.8. The van der Waals surface area contributed by atoms with Crippen molar-refractivity contribution in [3.63, 3.8) is 0 Å². The van der Waals surface area contributed by atoms with Crippen molar-refractivity contribution in [2.24, 2.45) is 11.8 Å². The predicted molar refractivity (Wildman–Crippen MR) is 141 cm³/mol. The van der Waals surface area contributed by atoms with E-state index in [0.717, 1.165) is 71.0 Å². The monoisotopic (exact) mass is 520 g/mol. The van der Waals surface area contributed by atoms with E-state index < -0.39 is 5.97 Å². The van der Waals surface area contributed by atoms with Crippen molar-refractivity contribution in [3.05, 3.63) is 24.3 Å². The molecule has 1 aliphatic carbocycles. The zero-order valence-corrected chi connectivity index (χ0v) is 22.6. The summed E-state index contributed by atoms with van der Waals surface area (Å²) in [6.07, 6.45) is 22.3. The molecule has 0 aromatic heterocycles. The average molecular weight is 521 g/mol. The number of unbranched alkanes of at least 4 members (excludes halogenated alkanes) is 2. The van der Waals surface area contributed by atoms with Crippen LogP contribution < -0.4 is 0 Å². The number of aliphatic carboxylic acids is 1. The Hall–Kier alpha value is -1.25. The lowest BCUT2D eigenvalue weighted by Crippen LogP contribution is -2.31. The molecule has 0 aromatic carbocycles. The summed E-state index contributed by atoms with van der Waals surface area (Å²) in [5.41, 5.74) is 0. The molecule has 3 unspecified atom stereocenters. The lowest BCUT2D eigenvalue weighted by Gasteiger charge is -2.30. The largest absolute Gasteiger partial charge is 0.481 e. The molecule has 4 rings (SSSR count). The van der Waals surface area contributed by atoms with E-state index in [-0.39, 0.29) is 49.3 Å². The van der Waals surface area contributed by atoms with E-state index in [1.165, 1.54) is 19.3 Å². The summed E-state index contributed by atoms with van der Waals surface area (Å²) in [5, 5.41) is 8.90. The molecule has 1 N–H and O–H groups in total. The zero-order chi connectivity index (χ0) is 25.9. The van der Waals surface area contributed by atoms with Crippen LogP contribution in [-0.2, 0) is 28.5 Å². The average Bonchev–Trinajstić information content (AvgIpc) is 3.43. The highest BCUT2D eigenvalue weighted by atomic mass is 16.7. The molecule has 1 saturated carbocycles. The first-order chi connectivity index (χ1) is 18.1. The Bertz CT molecular complexity index is 725. The molecular formula is C30H48O7. The first-order valence-corrected chi connectivity index (χ1v) is 14.9. The van der Waals surface area contributed by atoms with Gasteiger partial charge in [0.05, 0.1) is 24.4 Å². The zero-order valence-electron chi connectivity index (χ0n) is 22.6. The van der Waals surface area contributed by atoms with Gasteiger partial charge in [0, 0.05) is 32.0 Å². The van der Waals surface area contributed by atoms with Gasteiger partial charge < -0.3 is 28.8 Å². The van der Waals surface area contributed by atoms with Gasteiger partial charge in [0.2, 0.25) is 0 Å². The Kier molecular flexibility index (Phi) is 11.9. The Morgan fingerprint density at radius 3 is 2.51 bits per heavy atom. The predicted octanol–water partition coefficient (Wildman–Crippen LogP) is 6.16. The van der Waals surface area contributed by atoms with Crippen LogP contribution in [0.25, 0.3) is 0 Å². The third-order valence-corrected chi connectivity index (χ3v) is 8.16. The van der Waals surface area contributed by atoms with Gasteiger partial charge in [0.25, 0.3) is 0 Å². The highest BCUT2D eigenvalue weighted by Gasteiger charge is 2.49. The second-order valence-electron chi connectivity index (χ2n) is 11.1. The molecular weight excluding hydrogens is 472 g/mol. The minimum Gasteiger partial charge on any atom is -0.481 e. The van der Waals surface area contributed by atoms with Crippen molar-refractivity contribution >= 4 is 5.97 Å². The van der Waals surface area contributed by atoms with E-state index in [4.69, 9.17) is 28.8 Å². The summed E-state index contributed by atoms with van der Waals surface area (Å²) < 4.78 is 31.2. The molecule has 0 amide bonds. The molecule has 4 fully saturated rings. The molecule has 210 valence electrons. The van der Waals surface area contributed by atoms with Gasteiger partial charge in [-0.05, 0) is 63.7 Å². The molecule has 0 radical (unpaired) electrons. The van der Waals surface area contributed by atoms with E-state index in [1.807, 2.05) is 6.08 Å². The summed E-state index contributed by atoms with van der Waals surface area (Å²) in [6.45, 7) is 3.80. The maximum Gasteiger partial charge on any atom is 0.303 e. The van der Waals surface area contributed by atoms with Gasteiger partial charge in [-0.15, -0.1) is 0 Å². The lowest BCUT2D eigenvalue weighted by molar-refractivity contribution is -0.194. The van der Waals surface area contributed by atoms with Crippen LogP contribution in [0.1, 0.15) is 96.8 Å². The number of carboxylic acid groups (broad SMARTS) is 1. The molecule has 37 heavy (non-hydrogen) atoms. The van der Waals surface area contributed by atoms with Crippen LogP contribution in [0.5, 0.6) is 0 Å². The first kappa shape index (κ1) is 28.8. The van der Waals surface area contributed by atoms with Crippen molar-refractivity contribution in [1.82, 2.24) is 0 Å². The number of hydrogen-bond acceptors (Lipinski definition) is 6. The van der Waals surface area contributed by atoms with Crippen molar-refractivity contribution in [2.45, 2.75) is 134 Å². The van der Waals surface area contributed by atoms with Gasteiger partial charge in [-0.25, -0.2) is 0 Å². The number of fused-ring (bicyclic) bond motifs is 1. The van der Waals surface area contributed by atoms with Crippen LogP contribution >= 0.6 is 0 Å². The number of allylic oxidation sites excluding steroid dienone is 1. The van der Waals surface area contributed by atoms with E-state index in [9.17, 15) is 4.79 Å². The molecule has 0 aromatic rings. The Morgan fingerprint density at radius 2 is 1.81 bits per heavy atom. The third-order valence-electron chi connectivity index (χ3n) is 8.16. The topological polar surface area (TPSA) is 83.5 Å². The van der Waals surface area contributed by atoms with E-state index in [0.29, 0.717) is 12.3 Å². The summed E-state index contributed by atoms with van der Waals surface area (Å²) >= 11 is 0. The van der Waals surface area contributed by atoms with Crippen molar-refractivity contribution in [1.29, 1.82) is 0 Å². The van der Waals surface area contributed by atoms with Crippen LogP contribution in [0.3, 0.4) is 0 Å². The highest BCUT2D eigenvalue weighted by molar-refractivity contribution is 5.66. The molecule has 7 nitrogen and oxygen atoms in total. The van der Waals surface area contributed by atoms with Gasteiger partial charge in [-0.1, -0.05) is 50.5 Å². The van der Waals surface area contributed by atoms with Gasteiger partial charge in [0.1, 0.15) is 0 Å². The lowest BCUT2D eigenvalue weighted by atomic mass is 9.89. The van der Waals surface area contributed by atoms with Crippen LogP contribution in [0.15, 0.2) is 24.3 Å². The van der Waals surface area contributed by atoms with Gasteiger partial charge in [-0.3, -0.25) is 4.79 Å². The molecule has 4 aliphatic rings. The molecule has 3 heterocycles. The van der Waals surface area contributed by atoms with Gasteiger partial charge >= 0.3 is 5.97 Å². The molecule has 0 spiro atoms. The van der Waals surface area contributed by atoms with Gasteiger partial charge in [0.15, 0.2) is 12.6 Å². The smallest absolute Gasteiger partial charge is 0.303 e. The van der Waals surface area contributed by atoms with E-state index >= 15 is 0 Å². The van der Waals surface area contributed by atoms with E-state index in [2.05, 4.69) is 25.2 Å². The number of ether oxygens (including phenoxy) is 5. The summed E-state index contributed by atoms with van der Waals surface area (Å²) in [7, 11) is 0. The minimum atomic E-state index is -0.765. The fraction of sp³-hybridized carbons (Fsp3) is 0.833. The normalized spacial score (nSPS) is 35.3. The van der Waals surface area contributed by atoms with E-state index in [1.54, 1.807) is 0 Å². The van der Waals surface area contributed by atoms with Gasteiger partial charge in [-0.2, -0.15) is 0 Å². The maximum atomic E-state index is 10.8. The number of carbonyl (C=O) groups is 1.